The standard InChI is InChI=1S/C23H27FN4O2/c1-29-20-10-6-3-7-15(20)14-22-26-23(16-11-12-18(25)21(13-16)30-2)28(27-22)19-9-5-4-8-17(19)24/h3-10,16,18,21H,11-14,25H2,1-2H3/t16-,18+,21+/m0/s1. The highest BCUT2D eigenvalue weighted by Crippen LogP contribution is 2.34. The highest BCUT2D eigenvalue weighted by molar-refractivity contribution is 5.37. The van der Waals surface area contributed by atoms with E-state index in [0.29, 0.717) is 17.9 Å². The molecule has 158 valence electrons. The summed E-state index contributed by atoms with van der Waals surface area (Å²) >= 11 is 0. The zero-order chi connectivity index (χ0) is 21.1. The van der Waals surface area contributed by atoms with Crippen molar-refractivity contribution in [2.75, 3.05) is 14.2 Å². The SMILES string of the molecule is COc1ccccc1Cc1nc([C@H]2CC[C@@H](N)[C@H](OC)C2)n(-c2ccccc2F)n1. The molecule has 0 amide bonds. The summed E-state index contributed by atoms with van der Waals surface area (Å²) in [5.74, 6) is 1.92. The summed E-state index contributed by atoms with van der Waals surface area (Å²) in [6, 6.07) is 14.4. The van der Waals surface area contributed by atoms with Gasteiger partial charge in [-0.1, -0.05) is 30.3 Å². The van der Waals surface area contributed by atoms with E-state index in [9.17, 15) is 4.39 Å². The molecule has 0 aliphatic heterocycles. The molecule has 4 rings (SSSR count). The molecule has 30 heavy (non-hydrogen) atoms. The van der Waals surface area contributed by atoms with Gasteiger partial charge in [0.1, 0.15) is 23.1 Å². The molecule has 1 saturated carbocycles. The Balaban J connectivity index is 1.73. The van der Waals surface area contributed by atoms with Crippen molar-refractivity contribution in [1.29, 1.82) is 0 Å². The molecule has 1 aliphatic carbocycles. The van der Waals surface area contributed by atoms with Gasteiger partial charge in [-0.3, -0.25) is 0 Å². The van der Waals surface area contributed by atoms with E-state index in [-0.39, 0.29) is 23.9 Å². The van der Waals surface area contributed by atoms with Gasteiger partial charge in [0.05, 0.1) is 13.2 Å². The summed E-state index contributed by atoms with van der Waals surface area (Å²) in [5, 5.41) is 4.69. The second kappa shape index (κ2) is 8.93. The second-order valence-electron chi connectivity index (χ2n) is 7.69. The summed E-state index contributed by atoms with van der Waals surface area (Å²) in [6.45, 7) is 0. The van der Waals surface area contributed by atoms with Gasteiger partial charge in [0.15, 0.2) is 5.82 Å². The number of hydrogen-bond donors (Lipinski definition) is 1. The first-order chi connectivity index (χ1) is 14.6. The molecular weight excluding hydrogens is 383 g/mol. The van der Waals surface area contributed by atoms with E-state index in [1.54, 1.807) is 37.1 Å². The largest absolute Gasteiger partial charge is 0.496 e. The van der Waals surface area contributed by atoms with Crippen molar-refractivity contribution in [1.82, 2.24) is 14.8 Å². The normalized spacial score (nSPS) is 21.5. The predicted octanol–water partition coefficient (Wildman–Crippen LogP) is 3.62. The summed E-state index contributed by atoms with van der Waals surface area (Å²) in [5.41, 5.74) is 7.58. The average Bonchev–Trinajstić information content (AvgIpc) is 3.18. The lowest BCUT2D eigenvalue weighted by Gasteiger charge is -2.32. The van der Waals surface area contributed by atoms with Gasteiger partial charge in [-0.15, -0.1) is 0 Å². The third kappa shape index (κ3) is 4.08. The van der Waals surface area contributed by atoms with Gasteiger partial charge in [-0.2, -0.15) is 5.10 Å². The number of methoxy groups -OCH3 is 2. The Labute approximate surface area is 175 Å². The van der Waals surface area contributed by atoms with Gasteiger partial charge in [0.25, 0.3) is 0 Å². The number of halogens is 1. The van der Waals surface area contributed by atoms with Crippen LogP contribution in [0.15, 0.2) is 48.5 Å². The number of para-hydroxylation sites is 2. The molecule has 0 unspecified atom stereocenters. The Bertz CT molecular complexity index is 1010. The van der Waals surface area contributed by atoms with Crippen LogP contribution in [0.2, 0.25) is 0 Å². The Morgan fingerprint density at radius 3 is 2.63 bits per heavy atom. The van der Waals surface area contributed by atoms with E-state index in [1.807, 2.05) is 24.3 Å². The Morgan fingerprint density at radius 2 is 1.87 bits per heavy atom. The maximum Gasteiger partial charge on any atom is 0.155 e. The van der Waals surface area contributed by atoms with Crippen molar-refractivity contribution in [3.05, 3.63) is 71.6 Å². The maximum absolute atomic E-state index is 14.6. The van der Waals surface area contributed by atoms with Crippen molar-refractivity contribution in [2.24, 2.45) is 5.73 Å². The van der Waals surface area contributed by atoms with Crippen LogP contribution in [0.3, 0.4) is 0 Å². The first-order valence-corrected chi connectivity index (χ1v) is 10.2. The number of ether oxygens (including phenoxy) is 2. The second-order valence-corrected chi connectivity index (χ2v) is 7.69. The summed E-state index contributed by atoms with van der Waals surface area (Å²) < 4.78 is 27.3. The Kier molecular flexibility index (Phi) is 6.11. The van der Waals surface area contributed by atoms with Crippen molar-refractivity contribution < 1.29 is 13.9 Å². The highest BCUT2D eigenvalue weighted by atomic mass is 19.1. The van der Waals surface area contributed by atoms with Crippen molar-refractivity contribution >= 4 is 0 Å². The van der Waals surface area contributed by atoms with E-state index >= 15 is 0 Å². The van der Waals surface area contributed by atoms with Crippen LogP contribution in [0, 0.1) is 5.82 Å². The molecule has 0 saturated heterocycles. The van der Waals surface area contributed by atoms with Crippen LogP contribution in [-0.4, -0.2) is 41.1 Å². The van der Waals surface area contributed by atoms with Gasteiger partial charge < -0.3 is 15.2 Å². The van der Waals surface area contributed by atoms with Crippen LogP contribution >= 0.6 is 0 Å². The van der Waals surface area contributed by atoms with Gasteiger partial charge >= 0.3 is 0 Å². The smallest absolute Gasteiger partial charge is 0.155 e. The summed E-state index contributed by atoms with van der Waals surface area (Å²) in [4.78, 5) is 4.85. The van der Waals surface area contributed by atoms with Crippen LogP contribution in [0.25, 0.3) is 5.69 Å². The molecule has 2 aromatic carbocycles. The quantitative estimate of drug-likeness (QED) is 0.672. The zero-order valence-electron chi connectivity index (χ0n) is 17.3. The molecule has 1 aromatic heterocycles. The molecular formula is C23H27FN4O2. The number of nitrogens with zero attached hydrogens (tertiary/aromatic N) is 3. The van der Waals surface area contributed by atoms with E-state index in [1.165, 1.54) is 6.07 Å². The number of rotatable bonds is 6. The topological polar surface area (TPSA) is 75.2 Å². The molecule has 0 radical (unpaired) electrons. The van der Waals surface area contributed by atoms with Gasteiger partial charge in [-0.25, -0.2) is 14.1 Å². The maximum atomic E-state index is 14.6. The van der Waals surface area contributed by atoms with Crippen molar-refractivity contribution in [3.63, 3.8) is 0 Å². The molecule has 1 heterocycles. The number of hydrogen-bond acceptors (Lipinski definition) is 5. The minimum absolute atomic E-state index is 0.00383. The fourth-order valence-corrected chi connectivity index (χ4v) is 4.19. The van der Waals surface area contributed by atoms with Crippen LogP contribution in [0.1, 0.15) is 42.4 Å². The van der Waals surface area contributed by atoms with Crippen LogP contribution in [-0.2, 0) is 11.2 Å². The predicted molar refractivity (Wildman–Crippen MR) is 112 cm³/mol. The number of nitrogens with two attached hydrogens (primary N) is 1. The van der Waals surface area contributed by atoms with Crippen LogP contribution in [0.5, 0.6) is 5.75 Å². The zero-order valence-corrected chi connectivity index (χ0v) is 17.3. The highest BCUT2D eigenvalue weighted by Gasteiger charge is 2.33. The minimum atomic E-state index is -0.330. The van der Waals surface area contributed by atoms with E-state index in [0.717, 1.165) is 36.4 Å². The van der Waals surface area contributed by atoms with Crippen molar-refractivity contribution in [2.45, 2.75) is 43.7 Å². The Morgan fingerprint density at radius 1 is 1.10 bits per heavy atom. The van der Waals surface area contributed by atoms with Crippen LogP contribution < -0.4 is 10.5 Å². The van der Waals surface area contributed by atoms with Crippen LogP contribution in [0.4, 0.5) is 4.39 Å². The monoisotopic (exact) mass is 410 g/mol. The first-order valence-electron chi connectivity index (χ1n) is 10.2. The lowest BCUT2D eigenvalue weighted by atomic mass is 9.83. The Hall–Kier alpha value is -2.77. The molecule has 1 fully saturated rings. The lowest BCUT2D eigenvalue weighted by molar-refractivity contribution is 0.0459. The molecule has 1 aliphatic rings. The number of benzene rings is 2. The van der Waals surface area contributed by atoms with Crippen molar-refractivity contribution in [3.8, 4) is 11.4 Å². The first kappa shape index (κ1) is 20.5. The molecule has 2 N–H and O–H groups in total. The third-order valence-corrected chi connectivity index (χ3v) is 5.81. The molecule has 0 spiro atoms. The van der Waals surface area contributed by atoms with E-state index in [4.69, 9.17) is 25.3 Å². The molecule has 3 atom stereocenters. The molecule has 3 aromatic rings. The molecule has 6 nitrogen and oxygen atoms in total. The van der Waals surface area contributed by atoms with Gasteiger partial charge in [-0.05, 0) is 37.5 Å². The van der Waals surface area contributed by atoms with E-state index in [2.05, 4.69) is 0 Å². The fourth-order valence-electron chi connectivity index (χ4n) is 4.19. The van der Waals surface area contributed by atoms with E-state index < -0.39 is 0 Å². The summed E-state index contributed by atoms with van der Waals surface area (Å²) in [7, 11) is 3.33. The van der Waals surface area contributed by atoms with Gasteiger partial charge in [0.2, 0.25) is 0 Å². The average molecular weight is 410 g/mol. The fraction of sp³-hybridized carbons (Fsp3) is 0.391. The van der Waals surface area contributed by atoms with Gasteiger partial charge in [0, 0.05) is 31.1 Å². The molecule has 7 heteroatoms. The third-order valence-electron chi connectivity index (χ3n) is 5.81. The number of aromatic nitrogens is 3. The molecule has 0 bridgehead atoms. The lowest BCUT2D eigenvalue weighted by Crippen LogP contribution is -2.41. The minimum Gasteiger partial charge on any atom is -0.496 e. The summed E-state index contributed by atoms with van der Waals surface area (Å²) in [6.07, 6.45) is 2.88.